The quantitative estimate of drug-likeness (QED) is 0.684. The second kappa shape index (κ2) is 7.33. The van der Waals surface area contributed by atoms with Crippen LogP contribution < -0.4 is 0 Å². The Morgan fingerprint density at radius 1 is 1.22 bits per heavy atom. The highest BCUT2D eigenvalue weighted by atomic mass is 32.1. The van der Waals surface area contributed by atoms with Crippen molar-refractivity contribution in [2.75, 3.05) is 6.54 Å². The number of carbonyl (C=O) groups excluding carboxylic acids is 1. The summed E-state index contributed by atoms with van der Waals surface area (Å²) in [7, 11) is 0. The lowest BCUT2D eigenvalue weighted by Gasteiger charge is -2.22. The minimum Gasteiger partial charge on any atom is -0.333 e. The highest BCUT2D eigenvalue weighted by Crippen LogP contribution is 2.20. The molecule has 0 aliphatic carbocycles. The zero-order chi connectivity index (χ0) is 16.1. The van der Waals surface area contributed by atoms with Gasteiger partial charge in [-0.2, -0.15) is 0 Å². The van der Waals surface area contributed by atoms with Crippen molar-refractivity contribution in [2.24, 2.45) is 0 Å². The first kappa shape index (κ1) is 15.6. The summed E-state index contributed by atoms with van der Waals surface area (Å²) in [6.45, 7) is 3.42. The highest BCUT2D eigenvalue weighted by Gasteiger charge is 2.17. The van der Waals surface area contributed by atoms with E-state index in [1.165, 1.54) is 0 Å². The lowest BCUT2D eigenvalue weighted by atomic mass is 10.1. The van der Waals surface area contributed by atoms with Crippen LogP contribution in [0, 0.1) is 0 Å². The number of hydrogen-bond donors (Lipinski definition) is 0. The zero-order valence-corrected chi connectivity index (χ0v) is 13.9. The number of unbranched alkanes of at least 4 members (excludes halogenated alkanes) is 1. The molecule has 0 saturated heterocycles. The number of fused-ring (bicyclic) bond motifs is 1. The Hall–Kier alpha value is -2.27. The van der Waals surface area contributed by atoms with Crippen molar-refractivity contribution in [2.45, 2.75) is 26.3 Å². The van der Waals surface area contributed by atoms with Crippen LogP contribution in [0.5, 0.6) is 0 Å². The fourth-order valence-corrected chi connectivity index (χ4v) is 3.18. The van der Waals surface area contributed by atoms with Gasteiger partial charge < -0.3 is 4.90 Å². The van der Waals surface area contributed by atoms with E-state index in [0.29, 0.717) is 12.1 Å². The van der Waals surface area contributed by atoms with Crippen molar-refractivity contribution >= 4 is 27.5 Å². The van der Waals surface area contributed by atoms with Crippen LogP contribution in [-0.2, 0) is 6.54 Å². The summed E-state index contributed by atoms with van der Waals surface area (Å²) in [6.07, 6.45) is 3.81. The third-order valence-electron chi connectivity index (χ3n) is 3.73. The second-order valence-corrected chi connectivity index (χ2v) is 6.32. The second-order valence-electron chi connectivity index (χ2n) is 5.44. The molecule has 23 heavy (non-hydrogen) atoms. The molecule has 3 aromatic rings. The van der Waals surface area contributed by atoms with Gasteiger partial charge in [0, 0.05) is 18.3 Å². The SMILES string of the molecule is CCCCN(Cc1ccccn1)C(=O)c1ccc2ncsc2c1. The van der Waals surface area contributed by atoms with Crippen LogP contribution in [-0.4, -0.2) is 27.3 Å². The molecule has 1 aromatic carbocycles. The molecule has 2 heterocycles. The maximum atomic E-state index is 12.9. The Balaban J connectivity index is 1.83. The smallest absolute Gasteiger partial charge is 0.254 e. The Bertz CT molecular complexity index is 785. The Morgan fingerprint density at radius 3 is 2.91 bits per heavy atom. The third kappa shape index (κ3) is 3.74. The van der Waals surface area contributed by atoms with Crippen molar-refractivity contribution in [1.82, 2.24) is 14.9 Å². The standard InChI is InChI=1S/C18H19N3OS/c1-2-3-10-21(12-15-6-4-5-9-19-15)18(22)14-7-8-16-17(11-14)23-13-20-16/h4-9,11,13H,2-3,10,12H2,1H3. The predicted molar refractivity (Wildman–Crippen MR) is 93.5 cm³/mol. The molecule has 3 rings (SSSR count). The van der Waals surface area contributed by atoms with E-state index >= 15 is 0 Å². The van der Waals surface area contributed by atoms with E-state index < -0.39 is 0 Å². The minimum absolute atomic E-state index is 0.0550. The molecule has 0 N–H and O–H groups in total. The molecule has 0 fully saturated rings. The van der Waals surface area contributed by atoms with E-state index in [-0.39, 0.29) is 5.91 Å². The lowest BCUT2D eigenvalue weighted by molar-refractivity contribution is 0.0739. The predicted octanol–water partition coefficient (Wildman–Crippen LogP) is 4.13. The first-order chi connectivity index (χ1) is 11.3. The summed E-state index contributed by atoms with van der Waals surface area (Å²) < 4.78 is 1.05. The van der Waals surface area contributed by atoms with Gasteiger partial charge in [-0.05, 0) is 36.8 Å². The van der Waals surface area contributed by atoms with Crippen LogP contribution in [0.2, 0.25) is 0 Å². The van der Waals surface area contributed by atoms with Crippen LogP contribution in [0.3, 0.4) is 0 Å². The first-order valence-corrected chi connectivity index (χ1v) is 8.68. The van der Waals surface area contributed by atoms with Crippen LogP contribution in [0.15, 0.2) is 48.1 Å². The molecule has 0 radical (unpaired) electrons. The topological polar surface area (TPSA) is 46.1 Å². The van der Waals surface area contributed by atoms with Crippen molar-refractivity contribution < 1.29 is 4.79 Å². The highest BCUT2D eigenvalue weighted by molar-refractivity contribution is 7.16. The van der Waals surface area contributed by atoms with E-state index in [2.05, 4.69) is 16.9 Å². The Labute approximate surface area is 139 Å². The molecule has 2 aromatic heterocycles. The van der Waals surface area contributed by atoms with E-state index in [1.807, 2.05) is 46.8 Å². The van der Waals surface area contributed by atoms with Crippen LogP contribution in [0.25, 0.3) is 10.2 Å². The number of amides is 1. The van der Waals surface area contributed by atoms with Gasteiger partial charge in [-0.25, -0.2) is 4.98 Å². The molecule has 118 valence electrons. The van der Waals surface area contributed by atoms with Gasteiger partial charge >= 0.3 is 0 Å². The Kier molecular flexibility index (Phi) is 4.98. The summed E-state index contributed by atoms with van der Waals surface area (Å²) in [5.74, 6) is 0.0550. The maximum absolute atomic E-state index is 12.9. The van der Waals surface area contributed by atoms with Crippen LogP contribution >= 0.6 is 11.3 Å². The molecule has 0 bridgehead atoms. The number of hydrogen-bond acceptors (Lipinski definition) is 4. The van der Waals surface area contributed by atoms with E-state index in [9.17, 15) is 4.79 Å². The first-order valence-electron chi connectivity index (χ1n) is 7.80. The van der Waals surface area contributed by atoms with Gasteiger partial charge in [0.2, 0.25) is 0 Å². The molecule has 0 atom stereocenters. The van der Waals surface area contributed by atoms with Gasteiger partial charge in [-0.3, -0.25) is 9.78 Å². The average Bonchev–Trinajstić information content (AvgIpc) is 3.06. The van der Waals surface area contributed by atoms with Crippen LogP contribution in [0.1, 0.15) is 35.8 Å². The summed E-state index contributed by atoms with van der Waals surface area (Å²) in [5.41, 5.74) is 4.38. The fourth-order valence-electron chi connectivity index (χ4n) is 2.46. The molecule has 0 aliphatic heterocycles. The van der Waals surface area contributed by atoms with Crippen molar-refractivity contribution in [3.05, 3.63) is 59.4 Å². The van der Waals surface area contributed by atoms with Gasteiger partial charge in [0.1, 0.15) is 0 Å². The Morgan fingerprint density at radius 2 is 2.13 bits per heavy atom. The molecule has 0 saturated carbocycles. The lowest BCUT2D eigenvalue weighted by Crippen LogP contribution is -2.31. The van der Waals surface area contributed by atoms with Crippen molar-refractivity contribution in [3.8, 4) is 0 Å². The van der Waals surface area contributed by atoms with Gasteiger partial charge in [0.05, 0.1) is 28.0 Å². The van der Waals surface area contributed by atoms with Gasteiger partial charge in [0.25, 0.3) is 5.91 Å². The number of pyridine rings is 1. The molecule has 0 aliphatic rings. The van der Waals surface area contributed by atoms with E-state index in [4.69, 9.17) is 0 Å². The minimum atomic E-state index is 0.0550. The number of aromatic nitrogens is 2. The monoisotopic (exact) mass is 325 g/mol. The van der Waals surface area contributed by atoms with Crippen molar-refractivity contribution in [1.29, 1.82) is 0 Å². The van der Waals surface area contributed by atoms with E-state index in [1.54, 1.807) is 17.5 Å². The largest absolute Gasteiger partial charge is 0.333 e. The zero-order valence-electron chi connectivity index (χ0n) is 13.1. The normalized spacial score (nSPS) is 10.8. The molecule has 1 amide bonds. The number of carbonyl (C=O) groups is 1. The summed E-state index contributed by atoms with van der Waals surface area (Å²) in [4.78, 5) is 23.4. The maximum Gasteiger partial charge on any atom is 0.254 e. The van der Waals surface area contributed by atoms with Gasteiger partial charge in [-0.1, -0.05) is 19.4 Å². The third-order valence-corrected chi connectivity index (χ3v) is 4.52. The van der Waals surface area contributed by atoms with Gasteiger partial charge in [0.15, 0.2) is 0 Å². The molecule has 5 heteroatoms. The molecular formula is C18H19N3OS. The number of rotatable bonds is 6. The molecule has 4 nitrogen and oxygen atoms in total. The van der Waals surface area contributed by atoms with Crippen LogP contribution in [0.4, 0.5) is 0 Å². The van der Waals surface area contributed by atoms with Gasteiger partial charge in [-0.15, -0.1) is 11.3 Å². The summed E-state index contributed by atoms with van der Waals surface area (Å²) >= 11 is 1.56. The van der Waals surface area contributed by atoms with Crippen molar-refractivity contribution in [3.63, 3.8) is 0 Å². The fraction of sp³-hybridized carbons (Fsp3) is 0.278. The molecular weight excluding hydrogens is 306 g/mol. The summed E-state index contributed by atoms with van der Waals surface area (Å²) in [6, 6.07) is 11.5. The number of nitrogens with zero attached hydrogens (tertiary/aromatic N) is 3. The molecule has 0 spiro atoms. The van der Waals surface area contributed by atoms with E-state index in [0.717, 1.165) is 35.3 Å². The number of benzene rings is 1. The summed E-state index contributed by atoms with van der Waals surface area (Å²) in [5, 5.41) is 0. The molecule has 0 unspecified atom stereocenters. The average molecular weight is 325 g/mol. The number of thiazole rings is 1.